The number of hydrogen-bond acceptors (Lipinski definition) is 9. The standard InChI is InChI=1S/C31H42O9/c1-7-29(36)13-12-17-19(14-20(32)18-10-9-11-21(33)27(17,18)5)30(37)25(35)40-31(30)24(29)28(6,38-8-2)22-15-26(31,4)16(3)23(34)39-22/h9,11,16-17,19,22,24,32,36-37H,7-8,10,12-15H2,1-6H3/t16-,17?,19?,22?,24?,26?,27+,28-,29-,30?,31?/m0/s1. The van der Waals surface area contributed by atoms with Crippen molar-refractivity contribution in [3.05, 3.63) is 23.5 Å². The summed E-state index contributed by atoms with van der Waals surface area (Å²) in [4.78, 5) is 40.8. The smallest absolute Gasteiger partial charge is 0.343 e. The maximum absolute atomic E-state index is 13.9. The Bertz CT molecular complexity index is 1260. The van der Waals surface area contributed by atoms with Crippen LogP contribution in [0.15, 0.2) is 23.5 Å². The van der Waals surface area contributed by atoms with E-state index in [-0.39, 0.29) is 43.8 Å². The summed E-state index contributed by atoms with van der Waals surface area (Å²) in [5, 5.41) is 37.1. The van der Waals surface area contributed by atoms with E-state index >= 15 is 0 Å². The van der Waals surface area contributed by atoms with E-state index in [2.05, 4.69) is 0 Å². The van der Waals surface area contributed by atoms with Crippen LogP contribution in [0.25, 0.3) is 0 Å². The molecule has 6 aliphatic rings. The number of rotatable bonds is 3. The third kappa shape index (κ3) is 2.78. The second-order valence-electron chi connectivity index (χ2n) is 13.7. The lowest BCUT2D eigenvalue weighted by Crippen LogP contribution is -2.93. The molecule has 9 nitrogen and oxygen atoms in total. The first-order valence-corrected chi connectivity index (χ1v) is 14.8. The van der Waals surface area contributed by atoms with Crippen molar-refractivity contribution in [2.75, 3.05) is 6.61 Å². The fourth-order valence-corrected chi connectivity index (χ4v) is 10.3. The molecular weight excluding hydrogens is 516 g/mol. The first-order chi connectivity index (χ1) is 18.6. The zero-order valence-corrected chi connectivity index (χ0v) is 24.3. The molecule has 0 radical (unpaired) electrons. The third-order valence-corrected chi connectivity index (χ3v) is 12.5. The van der Waals surface area contributed by atoms with Crippen molar-refractivity contribution in [2.45, 2.75) is 109 Å². The molecule has 40 heavy (non-hydrogen) atoms. The average molecular weight is 559 g/mol. The van der Waals surface area contributed by atoms with Gasteiger partial charge in [-0.2, -0.15) is 0 Å². The van der Waals surface area contributed by atoms with Gasteiger partial charge in [-0.3, -0.25) is 9.59 Å². The van der Waals surface area contributed by atoms with Crippen molar-refractivity contribution in [3.8, 4) is 0 Å². The summed E-state index contributed by atoms with van der Waals surface area (Å²) < 4.78 is 18.6. The molecule has 0 aromatic rings. The van der Waals surface area contributed by atoms with Crippen LogP contribution in [0.2, 0.25) is 0 Å². The number of aliphatic hydroxyl groups is 3. The maximum Gasteiger partial charge on any atom is 0.343 e. The summed E-state index contributed by atoms with van der Waals surface area (Å²) in [6.07, 6.45) is 4.01. The molecule has 11 atom stereocenters. The zero-order chi connectivity index (χ0) is 29.3. The fourth-order valence-electron chi connectivity index (χ4n) is 10.3. The van der Waals surface area contributed by atoms with Gasteiger partial charge in [0.2, 0.25) is 5.60 Å². The second-order valence-corrected chi connectivity index (χ2v) is 13.7. The average Bonchev–Trinajstić information content (AvgIpc) is 2.90. The van der Waals surface area contributed by atoms with Gasteiger partial charge in [-0.25, -0.2) is 4.79 Å². The Kier molecular flexibility index (Phi) is 5.72. The quantitative estimate of drug-likeness (QED) is 0.445. The van der Waals surface area contributed by atoms with Crippen LogP contribution < -0.4 is 0 Å². The van der Waals surface area contributed by atoms with Crippen LogP contribution >= 0.6 is 0 Å². The first kappa shape index (κ1) is 27.9. The van der Waals surface area contributed by atoms with Crippen molar-refractivity contribution in [1.29, 1.82) is 0 Å². The van der Waals surface area contributed by atoms with Crippen molar-refractivity contribution in [1.82, 2.24) is 0 Å². The predicted molar refractivity (Wildman–Crippen MR) is 142 cm³/mol. The number of ketones is 1. The van der Waals surface area contributed by atoms with Gasteiger partial charge >= 0.3 is 11.9 Å². The monoisotopic (exact) mass is 558 g/mol. The SMILES string of the molecule is CCO[C@@]1(C)C2CC(C)([C@@H](C)C(=O)O2)C23OC(=O)C2(O)C2CC(O)=C4CC=CC(=O)[C@]4(C)C2CC[C@@](O)(CC)C31. The predicted octanol–water partition coefficient (Wildman–Crippen LogP) is 3.31. The lowest BCUT2D eigenvalue weighted by atomic mass is 9.35. The third-order valence-electron chi connectivity index (χ3n) is 12.5. The molecule has 0 aromatic carbocycles. The van der Waals surface area contributed by atoms with Gasteiger partial charge < -0.3 is 29.5 Å². The van der Waals surface area contributed by atoms with Gasteiger partial charge in [-0.1, -0.05) is 26.8 Å². The molecule has 4 fully saturated rings. The zero-order valence-electron chi connectivity index (χ0n) is 24.3. The van der Waals surface area contributed by atoms with E-state index in [1.165, 1.54) is 6.08 Å². The van der Waals surface area contributed by atoms with E-state index in [4.69, 9.17) is 14.2 Å². The number of ether oxygens (including phenoxy) is 3. The highest BCUT2D eigenvalue weighted by atomic mass is 16.6. The summed E-state index contributed by atoms with van der Waals surface area (Å²) in [6, 6.07) is 0. The lowest BCUT2D eigenvalue weighted by molar-refractivity contribution is -0.417. The van der Waals surface area contributed by atoms with Crippen LogP contribution in [0.1, 0.15) is 80.1 Å². The molecule has 3 N–H and O–H groups in total. The van der Waals surface area contributed by atoms with Crippen molar-refractivity contribution in [3.63, 3.8) is 0 Å². The summed E-state index contributed by atoms with van der Waals surface area (Å²) in [7, 11) is 0. The molecule has 220 valence electrons. The number of esters is 2. The van der Waals surface area contributed by atoms with E-state index in [9.17, 15) is 29.7 Å². The molecular formula is C31H42O9. The molecule has 2 heterocycles. The molecule has 2 aliphatic heterocycles. The van der Waals surface area contributed by atoms with Gasteiger partial charge in [-0.05, 0) is 70.4 Å². The fraction of sp³-hybridized carbons (Fsp3) is 0.774. The molecule has 1 spiro atoms. The number of aliphatic hydroxyl groups excluding tert-OH is 1. The Balaban J connectivity index is 1.67. The Labute approximate surface area is 234 Å². The van der Waals surface area contributed by atoms with Crippen molar-refractivity contribution >= 4 is 17.7 Å². The van der Waals surface area contributed by atoms with Crippen LogP contribution in [0.4, 0.5) is 0 Å². The van der Waals surface area contributed by atoms with E-state index in [0.29, 0.717) is 18.4 Å². The number of hydrogen-bond donors (Lipinski definition) is 3. The molecule has 0 aromatic heterocycles. The minimum absolute atomic E-state index is 0.00891. The molecule has 6 rings (SSSR count). The van der Waals surface area contributed by atoms with E-state index in [0.717, 1.165) is 0 Å². The first-order valence-electron chi connectivity index (χ1n) is 14.8. The van der Waals surface area contributed by atoms with Gasteiger partial charge in [0.1, 0.15) is 11.7 Å². The van der Waals surface area contributed by atoms with Crippen LogP contribution in [0.5, 0.6) is 0 Å². The van der Waals surface area contributed by atoms with Gasteiger partial charge in [0.25, 0.3) is 0 Å². The largest absolute Gasteiger partial charge is 0.512 e. The lowest BCUT2D eigenvalue weighted by Gasteiger charge is -2.76. The van der Waals surface area contributed by atoms with Gasteiger partial charge in [-0.15, -0.1) is 0 Å². The van der Waals surface area contributed by atoms with Crippen molar-refractivity contribution in [2.24, 2.45) is 34.5 Å². The summed E-state index contributed by atoms with van der Waals surface area (Å²) >= 11 is 0. The Morgan fingerprint density at radius 2 is 1.80 bits per heavy atom. The van der Waals surface area contributed by atoms with Gasteiger partial charge in [0, 0.05) is 24.4 Å². The topological polar surface area (TPSA) is 140 Å². The molecule has 9 heteroatoms. The number of fused-ring (bicyclic) bond motifs is 6. The highest BCUT2D eigenvalue weighted by molar-refractivity contribution is 5.99. The highest BCUT2D eigenvalue weighted by Crippen LogP contribution is 2.74. The summed E-state index contributed by atoms with van der Waals surface area (Å²) in [6.45, 7) is 11.0. The summed E-state index contributed by atoms with van der Waals surface area (Å²) in [5.41, 5.74) is -8.42. The van der Waals surface area contributed by atoms with Gasteiger partial charge in [0.05, 0.1) is 28.6 Å². The van der Waals surface area contributed by atoms with Crippen LogP contribution in [0.3, 0.4) is 0 Å². The Hall–Kier alpha value is -2.23. The van der Waals surface area contributed by atoms with Crippen LogP contribution in [-0.2, 0) is 28.6 Å². The second kappa shape index (κ2) is 8.19. The normalized spacial score (nSPS) is 53.1. The number of allylic oxidation sites excluding steroid dienone is 4. The van der Waals surface area contributed by atoms with Crippen LogP contribution in [-0.4, -0.2) is 68.2 Å². The number of carbonyl (C=O) groups is 3. The van der Waals surface area contributed by atoms with E-state index in [1.807, 2.05) is 20.8 Å². The van der Waals surface area contributed by atoms with Crippen molar-refractivity contribution < 1.29 is 43.9 Å². The van der Waals surface area contributed by atoms with E-state index in [1.54, 1.807) is 26.8 Å². The van der Waals surface area contributed by atoms with Gasteiger partial charge in [0.15, 0.2) is 11.4 Å². The molecule has 4 aliphatic carbocycles. The minimum Gasteiger partial charge on any atom is -0.512 e. The molecule has 2 saturated heterocycles. The molecule has 2 saturated carbocycles. The van der Waals surface area contributed by atoms with Crippen LogP contribution in [0, 0.1) is 34.5 Å². The maximum atomic E-state index is 13.9. The molecule has 7 unspecified atom stereocenters. The Morgan fingerprint density at radius 1 is 1.10 bits per heavy atom. The molecule has 0 amide bonds. The highest BCUT2D eigenvalue weighted by Gasteiger charge is 2.90. The van der Waals surface area contributed by atoms with E-state index < -0.39 is 74.9 Å². The minimum atomic E-state index is -2.21. The summed E-state index contributed by atoms with van der Waals surface area (Å²) in [5.74, 6) is -4.68. The number of carbonyl (C=O) groups excluding carboxylic acids is 3. The molecule has 2 bridgehead atoms. The Morgan fingerprint density at radius 3 is 2.42 bits per heavy atom.